The Balaban J connectivity index is 1.79. The number of fused-ring (bicyclic) bond motifs is 3. The minimum absolute atomic E-state index is 0.0391. The van der Waals surface area contributed by atoms with Crippen LogP contribution in [0.5, 0.6) is 5.75 Å². The van der Waals surface area contributed by atoms with Gasteiger partial charge in [0.15, 0.2) is 5.58 Å². The van der Waals surface area contributed by atoms with Crippen molar-refractivity contribution < 1.29 is 18.1 Å². The van der Waals surface area contributed by atoms with E-state index in [1.54, 1.807) is 13.2 Å². The van der Waals surface area contributed by atoms with Crippen molar-refractivity contribution >= 4 is 22.0 Å². The van der Waals surface area contributed by atoms with Crippen LogP contribution in [-0.4, -0.2) is 21.8 Å². The van der Waals surface area contributed by atoms with Crippen molar-refractivity contribution in [2.75, 3.05) is 7.11 Å². The second-order valence-corrected chi connectivity index (χ2v) is 7.73. The fourth-order valence-electron chi connectivity index (χ4n) is 4.18. The Kier molecular flexibility index (Phi) is 4.58. The van der Waals surface area contributed by atoms with Crippen LogP contribution < -0.4 is 10.5 Å². The zero-order chi connectivity index (χ0) is 22.6. The summed E-state index contributed by atoms with van der Waals surface area (Å²) in [5, 5.41) is 4.69. The molecule has 0 aliphatic rings. The highest BCUT2D eigenvalue weighted by Crippen LogP contribution is 2.38. The third-order valence-corrected chi connectivity index (χ3v) is 5.79. The summed E-state index contributed by atoms with van der Waals surface area (Å²) in [4.78, 5) is 17.2. The van der Waals surface area contributed by atoms with Crippen LogP contribution in [0.3, 0.4) is 0 Å². The largest absolute Gasteiger partial charge is 0.496 e. The summed E-state index contributed by atoms with van der Waals surface area (Å²) in [5.41, 5.74) is 5.02. The molecule has 32 heavy (non-hydrogen) atoms. The second kappa shape index (κ2) is 7.33. The predicted molar refractivity (Wildman–Crippen MR) is 118 cm³/mol. The number of aromatic nitrogens is 3. The zero-order valence-corrected chi connectivity index (χ0v) is 18.0. The van der Waals surface area contributed by atoms with Crippen molar-refractivity contribution in [1.82, 2.24) is 14.7 Å². The van der Waals surface area contributed by atoms with Gasteiger partial charge in [-0.05, 0) is 44.5 Å². The number of oxazole rings is 1. The Bertz CT molecular complexity index is 1520. The van der Waals surface area contributed by atoms with Crippen molar-refractivity contribution in [3.05, 3.63) is 75.5 Å². The Morgan fingerprint density at radius 2 is 2.00 bits per heavy atom. The summed E-state index contributed by atoms with van der Waals surface area (Å²) in [7, 11) is 1.57. The van der Waals surface area contributed by atoms with Gasteiger partial charge in [0.05, 0.1) is 36.6 Å². The standard InChI is InChI=1S/C24H20FN3O4/c1-12-6-5-7-18(25)17(12)11-28-23-15-9-20(30-4)16(22-13(2)27-32-14(22)3)8-19(15)26-10-21(23)31-24(28)29/h5-10H,11H2,1-4H3. The topological polar surface area (TPSA) is 83.3 Å². The fourth-order valence-corrected chi connectivity index (χ4v) is 4.18. The number of benzene rings is 2. The molecule has 0 fully saturated rings. The number of methoxy groups -OCH3 is 1. The monoisotopic (exact) mass is 433 g/mol. The molecule has 0 unspecified atom stereocenters. The van der Waals surface area contributed by atoms with Crippen LogP contribution in [-0.2, 0) is 6.54 Å². The molecule has 3 heterocycles. The SMILES string of the molecule is COc1cc2c(cc1-c1c(C)noc1C)ncc1oc(=O)n(Cc3c(C)cccc3F)c12. The van der Waals surface area contributed by atoms with E-state index in [9.17, 15) is 9.18 Å². The average molecular weight is 433 g/mol. The van der Waals surface area contributed by atoms with Crippen LogP contribution in [0.4, 0.5) is 4.39 Å². The molecule has 162 valence electrons. The maximum atomic E-state index is 14.5. The van der Waals surface area contributed by atoms with Crippen molar-refractivity contribution in [2.24, 2.45) is 0 Å². The fraction of sp³-hybridized carbons (Fsp3) is 0.208. The van der Waals surface area contributed by atoms with E-state index in [0.29, 0.717) is 39.1 Å². The molecule has 0 N–H and O–H groups in total. The van der Waals surface area contributed by atoms with Crippen LogP contribution >= 0.6 is 0 Å². The minimum atomic E-state index is -0.578. The zero-order valence-electron chi connectivity index (χ0n) is 18.0. The van der Waals surface area contributed by atoms with E-state index < -0.39 is 5.76 Å². The van der Waals surface area contributed by atoms with Crippen molar-refractivity contribution in [1.29, 1.82) is 0 Å². The summed E-state index contributed by atoms with van der Waals surface area (Å²) >= 11 is 0. The Morgan fingerprint density at radius 1 is 1.19 bits per heavy atom. The van der Waals surface area contributed by atoms with Gasteiger partial charge in [0.25, 0.3) is 0 Å². The first-order chi connectivity index (χ1) is 15.4. The maximum absolute atomic E-state index is 14.5. The molecular formula is C24H20FN3O4. The van der Waals surface area contributed by atoms with Gasteiger partial charge >= 0.3 is 5.76 Å². The van der Waals surface area contributed by atoms with E-state index in [1.807, 2.05) is 39.0 Å². The van der Waals surface area contributed by atoms with Gasteiger partial charge in [-0.2, -0.15) is 0 Å². The Labute approximate surface area is 182 Å². The van der Waals surface area contributed by atoms with Gasteiger partial charge in [0, 0.05) is 16.5 Å². The van der Waals surface area contributed by atoms with E-state index in [4.69, 9.17) is 13.7 Å². The lowest BCUT2D eigenvalue weighted by Crippen LogP contribution is -2.16. The molecule has 8 heteroatoms. The van der Waals surface area contributed by atoms with E-state index in [2.05, 4.69) is 10.1 Å². The number of hydrogen-bond donors (Lipinski definition) is 0. The van der Waals surface area contributed by atoms with E-state index in [1.165, 1.54) is 16.8 Å². The molecule has 3 aromatic heterocycles. The lowest BCUT2D eigenvalue weighted by Gasteiger charge is -2.12. The number of halogens is 1. The lowest BCUT2D eigenvalue weighted by atomic mass is 10.0. The normalized spacial score (nSPS) is 11.5. The molecule has 0 radical (unpaired) electrons. The number of hydrogen-bond acceptors (Lipinski definition) is 6. The lowest BCUT2D eigenvalue weighted by molar-refractivity contribution is 0.393. The van der Waals surface area contributed by atoms with Gasteiger partial charge in [0.1, 0.15) is 22.8 Å². The number of ether oxygens (including phenoxy) is 1. The van der Waals surface area contributed by atoms with Gasteiger partial charge in [-0.15, -0.1) is 0 Å². The molecule has 0 saturated carbocycles. The molecule has 5 rings (SSSR count). The first-order valence-electron chi connectivity index (χ1n) is 10.1. The number of nitrogens with zero attached hydrogens (tertiary/aromatic N) is 3. The number of pyridine rings is 1. The van der Waals surface area contributed by atoms with E-state index in [0.717, 1.165) is 22.4 Å². The minimum Gasteiger partial charge on any atom is -0.496 e. The third kappa shape index (κ3) is 2.98. The molecule has 0 saturated heterocycles. The van der Waals surface area contributed by atoms with Crippen molar-refractivity contribution in [3.8, 4) is 16.9 Å². The molecule has 5 aromatic rings. The quantitative estimate of drug-likeness (QED) is 0.400. The summed E-state index contributed by atoms with van der Waals surface area (Å²) < 4.78 is 32.3. The van der Waals surface area contributed by atoms with Crippen LogP contribution in [0.1, 0.15) is 22.6 Å². The van der Waals surface area contributed by atoms with Crippen LogP contribution in [0, 0.1) is 26.6 Å². The number of aryl methyl sites for hydroxylation is 3. The summed E-state index contributed by atoms with van der Waals surface area (Å²) in [6.45, 7) is 5.54. The third-order valence-electron chi connectivity index (χ3n) is 5.79. The highest BCUT2D eigenvalue weighted by atomic mass is 19.1. The molecule has 0 spiro atoms. The van der Waals surface area contributed by atoms with Crippen LogP contribution in [0.15, 0.2) is 50.3 Å². The van der Waals surface area contributed by atoms with Gasteiger partial charge in [-0.3, -0.25) is 9.55 Å². The maximum Gasteiger partial charge on any atom is 0.420 e. The molecular weight excluding hydrogens is 413 g/mol. The Hall–Kier alpha value is -3.94. The molecule has 7 nitrogen and oxygen atoms in total. The van der Waals surface area contributed by atoms with E-state index >= 15 is 0 Å². The van der Waals surface area contributed by atoms with E-state index in [-0.39, 0.29) is 12.4 Å². The van der Waals surface area contributed by atoms with Crippen LogP contribution in [0.2, 0.25) is 0 Å². The molecule has 2 aromatic carbocycles. The summed E-state index contributed by atoms with van der Waals surface area (Å²) in [6, 6.07) is 8.52. The first kappa shape index (κ1) is 20.0. The van der Waals surface area contributed by atoms with Gasteiger partial charge in [-0.1, -0.05) is 17.3 Å². The van der Waals surface area contributed by atoms with Gasteiger partial charge in [-0.25, -0.2) is 9.18 Å². The average Bonchev–Trinajstić information content (AvgIpc) is 3.27. The van der Waals surface area contributed by atoms with Gasteiger partial charge < -0.3 is 13.7 Å². The summed E-state index contributed by atoms with van der Waals surface area (Å²) in [5.74, 6) is 0.286. The number of rotatable bonds is 4. The van der Waals surface area contributed by atoms with Gasteiger partial charge in [0.2, 0.25) is 0 Å². The molecule has 0 atom stereocenters. The predicted octanol–water partition coefficient (Wildman–Crippen LogP) is 4.92. The molecule has 0 aliphatic heterocycles. The smallest absolute Gasteiger partial charge is 0.420 e. The first-order valence-corrected chi connectivity index (χ1v) is 10.1. The summed E-state index contributed by atoms with van der Waals surface area (Å²) in [6.07, 6.45) is 1.51. The molecule has 0 aliphatic carbocycles. The molecule has 0 bridgehead atoms. The highest BCUT2D eigenvalue weighted by molar-refractivity contribution is 6.04. The molecule has 0 amide bonds. The Morgan fingerprint density at radius 3 is 2.69 bits per heavy atom. The van der Waals surface area contributed by atoms with Crippen molar-refractivity contribution in [2.45, 2.75) is 27.3 Å². The highest BCUT2D eigenvalue weighted by Gasteiger charge is 2.21. The van der Waals surface area contributed by atoms with Crippen LogP contribution in [0.25, 0.3) is 33.1 Å². The van der Waals surface area contributed by atoms with Crippen molar-refractivity contribution in [3.63, 3.8) is 0 Å². The second-order valence-electron chi connectivity index (χ2n) is 7.73.